The maximum Gasteiger partial charge on any atom is 0.0968 e. The van der Waals surface area contributed by atoms with Crippen molar-refractivity contribution in [1.82, 2.24) is 9.97 Å². The highest BCUT2D eigenvalue weighted by Gasteiger charge is 2.19. The van der Waals surface area contributed by atoms with Gasteiger partial charge < -0.3 is 0 Å². The fourth-order valence-electron chi connectivity index (χ4n) is 11.6. The van der Waals surface area contributed by atoms with Gasteiger partial charge in [0.25, 0.3) is 0 Å². The van der Waals surface area contributed by atoms with Gasteiger partial charge in [0.1, 0.15) is 0 Å². The van der Waals surface area contributed by atoms with E-state index in [9.17, 15) is 0 Å². The Labute approximate surface area is 438 Å². The molecule has 15 rings (SSSR count). The topological polar surface area (TPSA) is 25.8 Å². The number of pyridine rings is 2. The summed E-state index contributed by atoms with van der Waals surface area (Å²) in [5.74, 6) is 0. The quantitative estimate of drug-likeness (QED) is 0.164. The molecule has 0 bridgehead atoms. The highest BCUT2D eigenvalue weighted by Crippen LogP contribution is 2.39. The van der Waals surface area contributed by atoms with Gasteiger partial charge in [0.05, 0.1) is 11.0 Å². The summed E-state index contributed by atoms with van der Waals surface area (Å²) in [6, 6.07) is 78.2. The smallest absolute Gasteiger partial charge is 0.0968 e. The molecule has 2 nitrogen and oxygen atoms in total. The van der Waals surface area contributed by atoms with E-state index in [2.05, 4.69) is 246 Å². The molecule has 0 saturated heterocycles. The van der Waals surface area contributed by atoms with Crippen LogP contribution in [0.1, 0.15) is 94.7 Å². The van der Waals surface area contributed by atoms with E-state index in [1.807, 2.05) is 0 Å². The summed E-state index contributed by atoms with van der Waals surface area (Å²) in [4.78, 5) is 9.92. The van der Waals surface area contributed by atoms with Crippen LogP contribution < -0.4 is 0 Å². The van der Waals surface area contributed by atoms with Crippen molar-refractivity contribution < 1.29 is 0 Å². The summed E-state index contributed by atoms with van der Waals surface area (Å²) in [6.45, 7) is 8.76. The number of hydrogen-bond donors (Lipinski definition) is 0. The average molecular weight is 957 g/mol. The molecule has 2 aromatic heterocycles. The van der Waals surface area contributed by atoms with Gasteiger partial charge in [-0.25, -0.2) is 0 Å². The highest BCUT2D eigenvalue weighted by molar-refractivity contribution is 6.03. The molecule has 74 heavy (non-hydrogen) atoms. The number of aryl methyl sites for hydroxylation is 4. The van der Waals surface area contributed by atoms with Crippen molar-refractivity contribution in [2.24, 2.45) is 0 Å². The molecule has 0 radical (unpaired) electrons. The minimum atomic E-state index is 0.975. The minimum absolute atomic E-state index is 0.975. The predicted octanol–water partition coefficient (Wildman–Crippen LogP) is 18.1. The van der Waals surface area contributed by atoms with E-state index in [0.29, 0.717) is 0 Å². The molecule has 0 unspecified atom stereocenters. The Kier molecular flexibility index (Phi) is 14.2. The Morgan fingerprint density at radius 1 is 0.257 bits per heavy atom. The maximum absolute atomic E-state index is 4.96. The summed E-state index contributed by atoms with van der Waals surface area (Å²) >= 11 is 0. The van der Waals surface area contributed by atoms with Crippen LogP contribution in [0, 0.1) is 0 Å². The third-order valence-electron chi connectivity index (χ3n) is 15.4. The molecule has 0 saturated carbocycles. The van der Waals surface area contributed by atoms with Gasteiger partial charge in [-0.1, -0.05) is 234 Å². The number of fused-ring (bicyclic) bond motifs is 15. The molecule has 0 fully saturated rings. The van der Waals surface area contributed by atoms with Gasteiger partial charge in [0.2, 0.25) is 0 Å². The largest absolute Gasteiger partial charge is 0.250 e. The Balaban J connectivity index is 0.000000101. The third-order valence-corrected chi connectivity index (χ3v) is 15.4. The highest BCUT2D eigenvalue weighted by atomic mass is 14.8. The Morgan fingerprint density at radius 2 is 0.459 bits per heavy atom. The van der Waals surface area contributed by atoms with Gasteiger partial charge in [-0.2, -0.15) is 0 Å². The number of benzene rings is 9. The molecule has 362 valence electrons. The van der Waals surface area contributed by atoms with Crippen molar-refractivity contribution in [3.63, 3.8) is 0 Å². The van der Waals surface area contributed by atoms with Crippen molar-refractivity contribution in [2.45, 2.75) is 79.1 Å². The normalized spacial score (nSPS) is 12.1. The van der Waals surface area contributed by atoms with Crippen LogP contribution in [0.5, 0.6) is 0 Å². The molecule has 4 aliphatic rings. The van der Waals surface area contributed by atoms with Gasteiger partial charge in [0.15, 0.2) is 0 Å². The fourth-order valence-corrected chi connectivity index (χ4v) is 11.6. The van der Waals surface area contributed by atoms with E-state index in [1.54, 1.807) is 0 Å². The number of hydrogen-bond acceptors (Lipinski definition) is 2. The molecule has 2 heteroatoms. The molecule has 4 aliphatic carbocycles. The molecule has 0 aliphatic heterocycles. The summed E-state index contributed by atoms with van der Waals surface area (Å²) in [5.41, 5.74) is 30.3. The van der Waals surface area contributed by atoms with Crippen LogP contribution in [0.3, 0.4) is 0 Å². The predicted molar refractivity (Wildman–Crippen MR) is 313 cm³/mol. The molecule has 0 amide bonds. The van der Waals surface area contributed by atoms with E-state index in [1.165, 1.54) is 122 Å². The van der Waals surface area contributed by atoms with E-state index in [-0.39, 0.29) is 0 Å². The van der Waals surface area contributed by atoms with E-state index in [0.717, 1.165) is 62.4 Å². The summed E-state index contributed by atoms with van der Waals surface area (Å²) < 4.78 is 0. The SMILES string of the molecule is CCc1cc2ccc3cc(CC)c(CC)nc3c2nc1CC.c1ccc2c(c1)Cc1ccccc1-2.c1ccc2c(c1)Cc1ccccc1-2.c1ccc2c(c1)Cc1ccccc1-2.c1ccc2c(c1)Cc1ccccc1-2. The maximum atomic E-state index is 4.96. The zero-order valence-corrected chi connectivity index (χ0v) is 43.3. The molecule has 2 heterocycles. The lowest BCUT2D eigenvalue weighted by Gasteiger charge is -2.12. The average Bonchev–Trinajstić information content (AvgIpc) is 4.25. The van der Waals surface area contributed by atoms with Crippen LogP contribution in [0.2, 0.25) is 0 Å². The Morgan fingerprint density at radius 3 is 0.649 bits per heavy atom. The Bertz CT molecular complexity index is 3200. The molecular weight excluding hydrogens is 893 g/mol. The molecule has 11 aromatic rings. The standard InChI is InChI=1S/C20H24N2.4C13H10/c1-5-13-11-15-9-10-16-12-14(6-2)18(8-4)22-20(16)19(15)21-17(13)7-3;4*1-3-7-12-10(5-1)9-11-6-2-4-8-13(11)12/h9-12H,5-8H2,1-4H3;4*1-8H,9H2. The van der Waals surface area contributed by atoms with Crippen LogP contribution >= 0.6 is 0 Å². The van der Waals surface area contributed by atoms with Crippen LogP contribution in [0.15, 0.2) is 218 Å². The van der Waals surface area contributed by atoms with Crippen LogP contribution in [-0.2, 0) is 51.4 Å². The van der Waals surface area contributed by atoms with Crippen LogP contribution in [0.25, 0.3) is 66.3 Å². The fraction of sp³-hybridized carbons (Fsp3) is 0.167. The van der Waals surface area contributed by atoms with Gasteiger partial charge in [0, 0.05) is 22.2 Å². The minimum Gasteiger partial charge on any atom is -0.250 e. The van der Waals surface area contributed by atoms with Crippen molar-refractivity contribution in [2.75, 3.05) is 0 Å². The lowest BCUT2D eigenvalue weighted by atomic mass is 10.0. The first-order valence-corrected chi connectivity index (χ1v) is 26.9. The monoisotopic (exact) mass is 957 g/mol. The zero-order valence-electron chi connectivity index (χ0n) is 43.3. The van der Waals surface area contributed by atoms with Crippen molar-refractivity contribution in [3.8, 4) is 44.5 Å². The van der Waals surface area contributed by atoms with Gasteiger partial charge in [-0.3, -0.25) is 9.97 Å². The summed E-state index contributed by atoms with van der Waals surface area (Å²) in [5, 5.41) is 2.42. The number of aromatic nitrogens is 2. The second-order valence-corrected chi connectivity index (χ2v) is 19.8. The zero-order chi connectivity index (χ0) is 50.4. The van der Waals surface area contributed by atoms with E-state index in [4.69, 9.17) is 9.97 Å². The third kappa shape index (κ3) is 9.73. The summed E-state index contributed by atoms with van der Waals surface area (Å²) in [6.07, 6.45) is 8.43. The molecule has 0 N–H and O–H groups in total. The number of rotatable bonds is 4. The lowest BCUT2D eigenvalue weighted by molar-refractivity contribution is 0.973. The van der Waals surface area contributed by atoms with Crippen LogP contribution in [0.4, 0.5) is 0 Å². The second-order valence-electron chi connectivity index (χ2n) is 19.8. The molecular formula is C72H64N2. The van der Waals surface area contributed by atoms with Crippen molar-refractivity contribution >= 4 is 21.8 Å². The van der Waals surface area contributed by atoms with Crippen molar-refractivity contribution in [3.05, 3.63) is 285 Å². The lowest BCUT2D eigenvalue weighted by Crippen LogP contribution is -2.00. The van der Waals surface area contributed by atoms with Crippen molar-refractivity contribution in [1.29, 1.82) is 0 Å². The summed E-state index contributed by atoms with van der Waals surface area (Å²) in [7, 11) is 0. The van der Waals surface area contributed by atoms with Gasteiger partial charge in [-0.05, 0) is 164 Å². The Hall–Kier alpha value is -8.20. The first-order valence-electron chi connectivity index (χ1n) is 26.9. The molecule has 9 aromatic carbocycles. The van der Waals surface area contributed by atoms with Gasteiger partial charge >= 0.3 is 0 Å². The second kappa shape index (κ2) is 21.9. The van der Waals surface area contributed by atoms with E-state index >= 15 is 0 Å². The number of nitrogens with zero attached hydrogens (tertiary/aromatic N) is 2. The molecule has 0 atom stereocenters. The first-order chi connectivity index (χ1) is 36.5. The van der Waals surface area contributed by atoms with E-state index < -0.39 is 0 Å². The first kappa shape index (κ1) is 48.1. The van der Waals surface area contributed by atoms with Gasteiger partial charge in [-0.15, -0.1) is 0 Å². The molecule has 0 spiro atoms. The van der Waals surface area contributed by atoms with Crippen LogP contribution in [-0.4, -0.2) is 9.97 Å².